The second-order valence-electron chi connectivity index (χ2n) is 3.98. The summed E-state index contributed by atoms with van der Waals surface area (Å²) in [5.74, 6) is 0. The average Bonchev–Trinajstić information content (AvgIpc) is 2.52. The van der Waals surface area contributed by atoms with E-state index in [1.54, 1.807) is 0 Å². The van der Waals surface area contributed by atoms with Crippen LogP contribution in [-0.4, -0.2) is 4.57 Å². The highest BCUT2D eigenvalue weighted by Crippen LogP contribution is 2.18. The van der Waals surface area contributed by atoms with Crippen molar-refractivity contribution in [1.82, 2.24) is 4.57 Å². The lowest BCUT2D eigenvalue weighted by Crippen LogP contribution is -2.24. The minimum absolute atomic E-state index is 0.227. The lowest BCUT2D eigenvalue weighted by atomic mass is 10.2. The molecular weight excluding hydrogens is 162 g/mol. The van der Waals surface area contributed by atoms with Crippen LogP contribution in [0.3, 0.4) is 0 Å². The molecule has 70 valence electrons. The van der Waals surface area contributed by atoms with E-state index in [2.05, 4.69) is 6.07 Å². The van der Waals surface area contributed by atoms with E-state index in [0.29, 0.717) is 0 Å². The Morgan fingerprint density at radius 3 is 2.85 bits per heavy atom. The zero-order valence-electron chi connectivity index (χ0n) is 8.21. The summed E-state index contributed by atoms with van der Waals surface area (Å²) in [4.78, 5) is 11.9. The first-order valence-corrected chi connectivity index (χ1v) is 4.93. The number of pyridine rings is 1. The molecule has 0 radical (unpaired) electrons. The van der Waals surface area contributed by atoms with Crippen LogP contribution in [0, 0.1) is 0 Å². The Labute approximate surface area is 78.2 Å². The second kappa shape index (κ2) is 3.02. The van der Waals surface area contributed by atoms with E-state index in [1.165, 1.54) is 5.56 Å². The van der Waals surface area contributed by atoms with E-state index >= 15 is 0 Å². The molecule has 1 aliphatic rings. The molecule has 0 aliphatic heterocycles. The van der Waals surface area contributed by atoms with E-state index in [4.69, 9.17) is 0 Å². The maximum atomic E-state index is 11.9. The highest BCUT2D eigenvalue weighted by molar-refractivity contribution is 5.28. The zero-order chi connectivity index (χ0) is 9.42. The van der Waals surface area contributed by atoms with Crippen LogP contribution in [0.2, 0.25) is 0 Å². The molecule has 1 aromatic heterocycles. The maximum Gasteiger partial charge on any atom is 0.254 e. The van der Waals surface area contributed by atoms with Gasteiger partial charge < -0.3 is 4.57 Å². The number of nitrogens with zero attached hydrogens (tertiary/aromatic N) is 1. The third kappa shape index (κ3) is 1.30. The third-order valence-corrected chi connectivity index (χ3v) is 2.75. The van der Waals surface area contributed by atoms with Crippen LogP contribution in [0.25, 0.3) is 0 Å². The van der Waals surface area contributed by atoms with Crippen molar-refractivity contribution in [2.45, 2.75) is 39.2 Å². The molecule has 0 unspecified atom stereocenters. The SMILES string of the molecule is CC(C)n1ccc2c(c1=O)CCC2. The molecule has 0 atom stereocenters. The summed E-state index contributed by atoms with van der Waals surface area (Å²) in [5, 5.41) is 0. The molecule has 2 heteroatoms. The molecule has 1 aromatic rings. The van der Waals surface area contributed by atoms with Gasteiger partial charge in [-0.1, -0.05) is 0 Å². The van der Waals surface area contributed by atoms with Crippen molar-refractivity contribution in [2.75, 3.05) is 0 Å². The maximum absolute atomic E-state index is 11.9. The first-order valence-electron chi connectivity index (χ1n) is 4.93. The fourth-order valence-electron chi connectivity index (χ4n) is 2.00. The van der Waals surface area contributed by atoms with E-state index in [1.807, 2.05) is 24.6 Å². The Hall–Kier alpha value is -1.05. The number of aryl methyl sites for hydroxylation is 1. The summed E-state index contributed by atoms with van der Waals surface area (Å²) in [5.41, 5.74) is 2.54. The van der Waals surface area contributed by atoms with E-state index in [9.17, 15) is 4.79 Å². The van der Waals surface area contributed by atoms with Crippen molar-refractivity contribution < 1.29 is 0 Å². The normalized spacial score (nSPS) is 15.0. The Bertz CT molecular complexity index is 376. The lowest BCUT2D eigenvalue weighted by Gasteiger charge is -2.10. The van der Waals surface area contributed by atoms with Gasteiger partial charge in [0.05, 0.1) is 0 Å². The summed E-state index contributed by atoms with van der Waals surface area (Å²) in [7, 11) is 0. The molecule has 0 amide bonds. The summed E-state index contributed by atoms with van der Waals surface area (Å²) in [6.45, 7) is 4.09. The predicted octanol–water partition coefficient (Wildman–Crippen LogP) is 1.92. The number of rotatable bonds is 1. The highest BCUT2D eigenvalue weighted by Gasteiger charge is 2.15. The summed E-state index contributed by atoms with van der Waals surface area (Å²) < 4.78 is 1.82. The van der Waals surface area contributed by atoms with Gasteiger partial charge in [0.15, 0.2) is 0 Å². The van der Waals surface area contributed by atoms with Gasteiger partial charge in [-0.15, -0.1) is 0 Å². The van der Waals surface area contributed by atoms with Crippen LogP contribution in [-0.2, 0) is 12.8 Å². The van der Waals surface area contributed by atoms with Crippen molar-refractivity contribution >= 4 is 0 Å². The van der Waals surface area contributed by atoms with Crippen LogP contribution in [0.1, 0.15) is 37.4 Å². The zero-order valence-corrected chi connectivity index (χ0v) is 8.21. The molecule has 0 saturated carbocycles. The fourth-order valence-corrected chi connectivity index (χ4v) is 2.00. The Morgan fingerprint density at radius 1 is 1.38 bits per heavy atom. The molecule has 0 bridgehead atoms. The quantitative estimate of drug-likeness (QED) is 0.642. The molecule has 0 aromatic carbocycles. The van der Waals surface area contributed by atoms with Gasteiger partial charge in [-0.3, -0.25) is 4.79 Å². The summed E-state index contributed by atoms with van der Waals surface area (Å²) in [6, 6.07) is 2.38. The first kappa shape index (κ1) is 8.54. The van der Waals surface area contributed by atoms with E-state index < -0.39 is 0 Å². The molecule has 2 nitrogen and oxygen atoms in total. The molecule has 2 rings (SSSR count). The van der Waals surface area contributed by atoms with Gasteiger partial charge in [-0.05, 0) is 44.7 Å². The molecular formula is C11H15NO. The van der Waals surface area contributed by atoms with Gasteiger partial charge >= 0.3 is 0 Å². The smallest absolute Gasteiger partial charge is 0.254 e. The highest BCUT2D eigenvalue weighted by atomic mass is 16.1. The average molecular weight is 177 g/mol. The van der Waals surface area contributed by atoms with Crippen molar-refractivity contribution in [3.8, 4) is 0 Å². The van der Waals surface area contributed by atoms with Gasteiger partial charge in [-0.2, -0.15) is 0 Å². The summed E-state index contributed by atoms with van der Waals surface area (Å²) >= 11 is 0. The van der Waals surface area contributed by atoms with Crippen LogP contribution in [0.5, 0.6) is 0 Å². The monoisotopic (exact) mass is 177 g/mol. The minimum atomic E-state index is 0.227. The van der Waals surface area contributed by atoms with Gasteiger partial charge in [0.1, 0.15) is 0 Å². The van der Waals surface area contributed by atoms with Gasteiger partial charge in [0.2, 0.25) is 0 Å². The first-order chi connectivity index (χ1) is 6.20. The second-order valence-corrected chi connectivity index (χ2v) is 3.98. The van der Waals surface area contributed by atoms with Crippen LogP contribution in [0.4, 0.5) is 0 Å². The minimum Gasteiger partial charge on any atom is -0.313 e. The Balaban J connectivity index is 2.59. The number of hydrogen-bond acceptors (Lipinski definition) is 1. The fraction of sp³-hybridized carbons (Fsp3) is 0.545. The van der Waals surface area contributed by atoms with E-state index in [-0.39, 0.29) is 11.6 Å². The van der Waals surface area contributed by atoms with Gasteiger partial charge in [0, 0.05) is 17.8 Å². The van der Waals surface area contributed by atoms with Gasteiger partial charge in [-0.25, -0.2) is 0 Å². The Kier molecular flexibility index (Phi) is 1.98. The number of hydrogen-bond donors (Lipinski definition) is 0. The van der Waals surface area contributed by atoms with E-state index in [0.717, 1.165) is 24.8 Å². The van der Waals surface area contributed by atoms with Crippen molar-refractivity contribution in [2.24, 2.45) is 0 Å². The van der Waals surface area contributed by atoms with Crippen molar-refractivity contribution in [1.29, 1.82) is 0 Å². The molecule has 0 N–H and O–H groups in total. The summed E-state index contributed by atoms with van der Waals surface area (Å²) in [6.07, 6.45) is 5.13. The topological polar surface area (TPSA) is 22.0 Å². The molecule has 0 saturated heterocycles. The molecule has 0 fully saturated rings. The van der Waals surface area contributed by atoms with Gasteiger partial charge in [0.25, 0.3) is 5.56 Å². The molecule has 1 aliphatic carbocycles. The molecule has 0 spiro atoms. The molecule has 13 heavy (non-hydrogen) atoms. The Morgan fingerprint density at radius 2 is 2.15 bits per heavy atom. The van der Waals surface area contributed by atoms with Crippen LogP contribution in [0.15, 0.2) is 17.1 Å². The lowest BCUT2D eigenvalue weighted by molar-refractivity contribution is 0.574. The standard InChI is InChI=1S/C11H15NO/c1-8(2)12-7-6-9-4-3-5-10(9)11(12)13/h6-8H,3-5H2,1-2H3. The van der Waals surface area contributed by atoms with Crippen LogP contribution >= 0.6 is 0 Å². The van der Waals surface area contributed by atoms with Crippen LogP contribution < -0.4 is 5.56 Å². The van der Waals surface area contributed by atoms with Crippen molar-refractivity contribution in [3.05, 3.63) is 33.7 Å². The van der Waals surface area contributed by atoms with Crippen molar-refractivity contribution in [3.63, 3.8) is 0 Å². The molecule has 1 heterocycles. The number of fused-ring (bicyclic) bond motifs is 1. The third-order valence-electron chi connectivity index (χ3n) is 2.75. The largest absolute Gasteiger partial charge is 0.313 e. The number of aromatic nitrogens is 1. The predicted molar refractivity (Wildman–Crippen MR) is 53.1 cm³/mol.